The molecule has 3 aliphatic rings. The summed E-state index contributed by atoms with van der Waals surface area (Å²) in [5.74, 6) is -0.0968. The number of halogens is 1. The van der Waals surface area contributed by atoms with Gasteiger partial charge in [-0.2, -0.15) is 0 Å². The Hall–Kier alpha value is -2.14. The molecule has 2 saturated heterocycles. The molecule has 2 aromatic rings. The molecule has 0 saturated carbocycles. The zero-order valence-corrected chi connectivity index (χ0v) is 18.4. The summed E-state index contributed by atoms with van der Waals surface area (Å²) in [6, 6.07) is 13.7. The number of ketones is 1. The van der Waals surface area contributed by atoms with Crippen LogP contribution in [0.25, 0.3) is 6.08 Å². The van der Waals surface area contributed by atoms with E-state index in [1.165, 1.54) is 0 Å². The number of fused-ring (bicyclic) bond motifs is 5. The molecule has 2 aliphatic heterocycles. The van der Waals surface area contributed by atoms with Gasteiger partial charge in [0.2, 0.25) is 0 Å². The molecular weight excluding hydrogens is 400 g/mol. The van der Waals surface area contributed by atoms with Crippen molar-refractivity contribution in [2.75, 3.05) is 7.11 Å². The average molecular weight is 425 g/mol. The van der Waals surface area contributed by atoms with Gasteiger partial charge in [0, 0.05) is 5.02 Å². The van der Waals surface area contributed by atoms with Crippen LogP contribution in [0.4, 0.5) is 0 Å². The van der Waals surface area contributed by atoms with Gasteiger partial charge in [0.05, 0.1) is 12.5 Å². The SMILES string of the molecule is COc1ccc2c(c1)CC/C(=C\c1ccc(Cl)cc1)[C@@]21O[C@]2(C)O[C@H]1C(=O)C2(C)C. The van der Waals surface area contributed by atoms with Crippen molar-refractivity contribution >= 4 is 23.5 Å². The van der Waals surface area contributed by atoms with Crippen molar-refractivity contribution in [3.63, 3.8) is 0 Å². The Bertz CT molecular complexity index is 1070. The van der Waals surface area contributed by atoms with Crippen LogP contribution in [-0.2, 0) is 26.3 Å². The van der Waals surface area contributed by atoms with Crippen molar-refractivity contribution in [2.24, 2.45) is 5.41 Å². The highest BCUT2D eigenvalue weighted by Crippen LogP contribution is 2.63. The van der Waals surface area contributed by atoms with E-state index < -0.39 is 22.9 Å². The van der Waals surface area contributed by atoms with E-state index >= 15 is 0 Å². The lowest BCUT2D eigenvalue weighted by Gasteiger charge is -2.47. The number of carbonyl (C=O) groups excluding carboxylic acids is 1. The van der Waals surface area contributed by atoms with E-state index in [1.54, 1.807) is 7.11 Å². The summed E-state index contributed by atoms with van der Waals surface area (Å²) in [5.41, 5.74) is 2.56. The first-order valence-corrected chi connectivity index (χ1v) is 10.7. The fourth-order valence-electron chi connectivity index (χ4n) is 5.02. The molecule has 0 unspecified atom stereocenters. The second-order valence-corrected chi connectivity index (χ2v) is 9.45. The summed E-state index contributed by atoms with van der Waals surface area (Å²) in [6.07, 6.45) is 3.06. The Balaban J connectivity index is 1.72. The molecule has 2 aromatic carbocycles. The van der Waals surface area contributed by atoms with Gasteiger partial charge in [-0.1, -0.05) is 35.9 Å². The molecule has 0 amide bonds. The van der Waals surface area contributed by atoms with Gasteiger partial charge in [0.1, 0.15) is 5.75 Å². The highest BCUT2D eigenvalue weighted by atomic mass is 35.5. The highest BCUT2D eigenvalue weighted by Gasteiger charge is 2.74. The summed E-state index contributed by atoms with van der Waals surface area (Å²) >= 11 is 6.07. The summed E-state index contributed by atoms with van der Waals surface area (Å²) in [7, 11) is 1.66. The molecule has 5 rings (SSSR count). The number of aryl methyl sites for hydroxylation is 1. The van der Waals surface area contributed by atoms with E-state index in [4.69, 9.17) is 25.8 Å². The van der Waals surface area contributed by atoms with Crippen LogP contribution in [0.15, 0.2) is 48.0 Å². The summed E-state index contributed by atoms with van der Waals surface area (Å²) < 4.78 is 18.5. The van der Waals surface area contributed by atoms with Gasteiger partial charge in [-0.05, 0) is 80.1 Å². The number of hydrogen-bond acceptors (Lipinski definition) is 4. The maximum atomic E-state index is 13.5. The van der Waals surface area contributed by atoms with Crippen LogP contribution in [0.1, 0.15) is 43.9 Å². The summed E-state index contributed by atoms with van der Waals surface area (Å²) in [4.78, 5) is 13.5. The van der Waals surface area contributed by atoms with Crippen LogP contribution in [0.5, 0.6) is 5.75 Å². The zero-order valence-electron chi connectivity index (χ0n) is 17.6. The number of methoxy groups -OCH3 is 1. The fraction of sp³-hybridized carbons (Fsp3) is 0.400. The van der Waals surface area contributed by atoms with Crippen molar-refractivity contribution in [1.82, 2.24) is 0 Å². The van der Waals surface area contributed by atoms with E-state index in [0.29, 0.717) is 5.02 Å². The van der Waals surface area contributed by atoms with E-state index in [1.807, 2.05) is 63.2 Å². The molecule has 30 heavy (non-hydrogen) atoms. The molecule has 1 spiro atoms. The maximum Gasteiger partial charge on any atom is 0.180 e. The zero-order chi connectivity index (χ0) is 21.3. The number of carbonyl (C=O) groups is 1. The Labute approximate surface area is 181 Å². The lowest BCUT2D eigenvalue weighted by Crippen LogP contribution is -2.56. The molecule has 2 fully saturated rings. The van der Waals surface area contributed by atoms with Gasteiger partial charge in [-0.15, -0.1) is 0 Å². The largest absolute Gasteiger partial charge is 0.497 e. The van der Waals surface area contributed by atoms with Gasteiger partial charge in [-0.25, -0.2) is 0 Å². The number of hydrogen-bond donors (Lipinski definition) is 0. The van der Waals surface area contributed by atoms with Gasteiger partial charge in [0.25, 0.3) is 0 Å². The van der Waals surface area contributed by atoms with E-state index in [9.17, 15) is 4.79 Å². The molecule has 3 atom stereocenters. The van der Waals surface area contributed by atoms with E-state index in [-0.39, 0.29) is 5.78 Å². The van der Waals surface area contributed by atoms with Gasteiger partial charge >= 0.3 is 0 Å². The second kappa shape index (κ2) is 6.43. The molecule has 0 aromatic heterocycles. The minimum absolute atomic E-state index is 0.0851. The maximum absolute atomic E-state index is 13.5. The van der Waals surface area contributed by atoms with Crippen LogP contribution < -0.4 is 4.74 Å². The third-order valence-electron chi connectivity index (χ3n) is 7.12. The lowest BCUT2D eigenvalue weighted by molar-refractivity contribution is -0.218. The number of rotatable bonds is 2. The monoisotopic (exact) mass is 424 g/mol. The molecule has 1 aliphatic carbocycles. The van der Waals surface area contributed by atoms with Crippen LogP contribution in [0.3, 0.4) is 0 Å². The lowest BCUT2D eigenvalue weighted by atomic mass is 9.66. The molecule has 0 radical (unpaired) electrons. The predicted molar refractivity (Wildman–Crippen MR) is 116 cm³/mol. The first-order valence-electron chi connectivity index (χ1n) is 10.3. The standard InChI is InChI=1S/C25H25ClO4/c1-23(2)21(27)22-25(30-24(23,3)29-22)17(13-15-5-9-18(26)10-6-15)8-7-16-14-19(28-4)11-12-20(16)25/h5-6,9-14,22H,7-8H2,1-4H3/b17-13+/t22-,24-,25+/m0/s1. The average Bonchev–Trinajstić information content (AvgIpc) is 3.14. The predicted octanol–water partition coefficient (Wildman–Crippen LogP) is 5.31. The van der Waals surface area contributed by atoms with Gasteiger partial charge in [0.15, 0.2) is 23.3 Å². The molecule has 156 valence electrons. The molecule has 2 bridgehead atoms. The van der Waals surface area contributed by atoms with Crippen LogP contribution in [0, 0.1) is 5.41 Å². The van der Waals surface area contributed by atoms with E-state index in [0.717, 1.165) is 40.9 Å². The Kier molecular flexibility index (Phi) is 4.24. The second-order valence-electron chi connectivity index (χ2n) is 9.01. The number of ether oxygens (including phenoxy) is 3. The number of benzene rings is 2. The van der Waals surface area contributed by atoms with Gasteiger partial charge < -0.3 is 14.2 Å². The van der Waals surface area contributed by atoms with Crippen molar-refractivity contribution in [3.05, 3.63) is 69.8 Å². The number of Topliss-reactive ketones (excluding diaryl/α,β-unsaturated/α-hetero) is 1. The highest BCUT2D eigenvalue weighted by molar-refractivity contribution is 6.30. The smallest absolute Gasteiger partial charge is 0.180 e. The topological polar surface area (TPSA) is 44.8 Å². The summed E-state index contributed by atoms with van der Waals surface area (Å²) in [6.45, 7) is 5.70. The van der Waals surface area contributed by atoms with Crippen LogP contribution in [-0.4, -0.2) is 24.8 Å². The third kappa shape index (κ3) is 2.51. The van der Waals surface area contributed by atoms with Gasteiger partial charge in [-0.3, -0.25) is 4.79 Å². The first kappa shape index (κ1) is 19.8. The third-order valence-corrected chi connectivity index (χ3v) is 7.37. The minimum atomic E-state index is -0.984. The molecule has 0 N–H and O–H groups in total. The van der Waals surface area contributed by atoms with Crippen LogP contribution in [0.2, 0.25) is 5.02 Å². The summed E-state index contributed by atoms with van der Waals surface area (Å²) in [5, 5.41) is 0.692. The van der Waals surface area contributed by atoms with Crippen molar-refractivity contribution in [2.45, 2.75) is 51.1 Å². The Morgan fingerprint density at radius 2 is 1.83 bits per heavy atom. The Morgan fingerprint density at radius 1 is 1.10 bits per heavy atom. The quantitative estimate of drug-likeness (QED) is 0.655. The first-order chi connectivity index (χ1) is 14.2. The Morgan fingerprint density at radius 3 is 2.47 bits per heavy atom. The molecule has 4 nitrogen and oxygen atoms in total. The molecule has 5 heteroatoms. The normalized spacial score (nSPS) is 32.6. The van der Waals surface area contributed by atoms with E-state index in [2.05, 4.69) is 6.08 Å². The van der Waals surface area contributed by atoms with Crippen molar-refractivity contribution in [3.8, 4) is 5.75 Å². The molecule has 2 heterocycles. The van der Waals surface area contributed by atoms with Crippen LogP contribution >= 0.6 is 11.6 Å². The molecular formula is C25H25ClO4. The fourth-order valence-corrected chi connectivity index (χ4v) is 5.15. The minimum Gasteiger partial charge on any atom is -0.497 e. The van der Waals surface area contributed by atoms with Crippen molar-refractivity contribution < 1.29 is 19.0 Å². The van der Waals surface area contributed by atoms with Crippen molar-refractivity contribution in [1.29, 1.82) is 0 Å².